The summed E-state index contributed by atoms with van der Waals surface area (Å²) >= 11 is 1.01. The van der Waals surface area contributed by atoms with Crippen molar-refractivity contribution < 1.29 is 24.2 Å². The minimum Gasteiger partial charge on any atom is -0.477 e. The number of carboxylic acid groups (broad SMARTS) is 1. The summed E-state index contributed by atoms with van der Waals surface area (Å²) in [5.41, 5.74) is 4.59. The van der Waals surface area contributed by atoms with Gasteiger partial charge >= 0.3 is 12.1 Å². The fourth-order valence-corrected chi connectivity index (χ4v) is 4.76. The highest BCUT2D eigenvalue weighted by molar-refractivity contribution is 7.13. The zero-order valence-electron chi connectivity index (χ0n) is 18.6. The summed E-state index contributed by atoms with van der Waals surface area (Å²) in [5, 5.41) is 14.9. The van der Waals surface area contributed by atoms with Crippen LogP contribution in [-0.2, 0) is 16.1 Å². The molecule has 0 saturated carbocycles. The van der Waals surface area contributed by atoms with Gasteiger partial charge in [0.1, 0.15) is 16.5 Å². The van der Waals surface area contributed by atoms with Crippen molar-refractivity contribution in [3.8, 4) is 11.1 Å². The van der Waals surface area contributed by atoms with Gasteiger partial charge in [-0.3, -0.25) is 4.79 Å². The molecular weight excluding hydrogens is 454 g/mol. The fourth-order valence-electron chi connectivity index (χ4n) is 4.07. The standard InChI is InChI=1S/C25H25N3O5S/c1-2-15(11-22(29)26-13-23-27-12-21(34-23)24(30)31)28-25(32)33-14-20-18-9-5-3-7-16(18)17-8-4-6-10-19(17)20/h3-10,12,15,20H,2,11,13-14H2,1H3,(H,26,29)(H,28,32)(H,30,31). The number of carboxylic acids is 1. The number of aromatic nitrogens is 1. The molecule has 0 bridgehead atoms. The molecule has 0 aliphatic heterocycles. The van der Waals surface area contributed by atoms with Crippen molar-refractivity contribution in [3.05, 3.63) is 75.7 Å². The number of amides is 2. The van der Waals surface area contributed by atoms with E-state index < -0.39 is 12.1 Å². The van der Waals surface area contributed by atoms with Crippen LogP contribution in [0.15, 0.2) is 54.7 Å². The van der Waals surface area contributed by atoms with Crippen LogP contribution in [0.25, 0.3) is 11.1 Å². The SMILES string of the molecule is CCC(CC(=O)NCc1ncc(C(=O)O)s1)NC(=O)OCC1c2ccccc2-c2ccccc21. The van der Waals surface area contributed by atoms with Crippen LogP contribution in [-0.4, -0.2) is 40.7 Å². The van der Waals surface area contributed by atoms with Crippen LogP contribution in [0.2, 0.25) is 0 Å². The number of hydrogen-bond acceptors (Lipinski definition) is 6. The summed E-state index contributed by atoms with van der Waals surface area (Å²) in [6.45, 7) is 2.22. The first-order valence-corrected chi connectivity index (χ1v) is 11.8. The van der Waals surface area contributed by atoms with Gasteiger partial charge in [-0.25, -0.2) is 14.6 Å². The van der Waals surface area contributed by atoms with Gasteiger partial charge in [-0.1, -0.05) is 55.5 Å². The van der Waals surface area contributed by atoms with Crippen LogP contribution in [0.5, 0.6) is 0 Å². The molecule has 1 aromatic heterocycles. The predicted octanol–water partition coefficient (Wildman–Crippen LogP) is 4.16. The topological polar surface area (TPSA) is 118 Å². The van der Waals surface area contributed by atoms with E-state index >= 15 is 0 Å². The maximum atomic E-state index is 12.5. The number of aromatic carboxylic acids is 1. The molecule has 3 N–H and O–H groups in total. The quantitative estimate of drug-likeness (QED) is 0.424. The third-order valence-corrected chi connectivity index (χ3v) is 6.78. The second-order valence-corrected chi connectivity index (χ2v) is 9.09. The van der Waals surface area contributed by atoms with Crippen molar-refractivity contribution in [1.29, 1.82) is 0 Å². The molecule has 8 nitrogen and oxygen atoms in total. The summed E-state index contributed by atoms with van der Waals surface area (Å²) in [5.74, 6) is -1.35. The summed E-state index contributed by atoms with van der Waals surface area (Å²) < 4.78 is 5.56. The average molecular weight is 480 g/mol. The van der Waals surface area contributed by atoms with Gasteiger partial charge in [0.2, 0.25) is 5.91 Å². The zero-order chi connectivity index (χ0) is 24.1. The molecule has 9 heteroatoms. The Morgan fingerprint density at radius 3 is 2.32 bits per heavy atom. The number of nitrogens with zero attached hydrogens (tertiary/aromatic N) is 1. The van der Waals surface area contributed by atoms with Crippen LogP contribution in [0.1, 0.15) is 51.5 Å². The average Bonchev–Trinajstić information content (AvgIpc) is 3.44. The van der Waals surface area contributed by atoms with Crippen LogP contribution in [0.4, 0.5) is 4.79 Å². The van der Waals surface area contributed by atoms with Crippen molar-refractivity contribution in [2.45, 2.75) is 38.3 Å². The van der Waals surface area contributed by atoms with Gasteiger partial charge in [0.15, 0.2) is 0 Å². The first kappa shape index (κ1) is 23.4. The van der Waals surface area contributed by atoms with E-state index in [-0.39, 0.29) is 42.3 Å². The zero-order valence-corrected chi connectivity index (χ0v) is 19.4. The Morgan fingerprint density at radius 1 is 1.09 bits per heavy atom. The number of nitrogens with one attached hydrogen (secondary N) is 2. The van der Waals surface area contributed by atoms with E-state index in [4.69, 9.17) is 9.84 Å². The molecule has 1 atom stereocenters. The largest absolute Gasteiger partial charge is 0.477 e. The van der Waals surface area contributed by atoms with E-state index in [1.807, 2.05) is 31.2 Å². The Hall–Kier alpha value is -3.72. The van der Waals surface area contributed by atoms with E-state index in [1.165, 1.54) is 6.20 Å². The molecule has 34 heavy (non-hydrogen) atoms. The molecule has 1 aliphatic carbocycles. The fraction of sp³-hybridized carbons (Fsp3) is 0.280. The van der Waals surface area contributed by atoms with Crippen molar-refractivity contribution in [3.63, 3.8) is 0 Å². The first-order valence-electron chi connectivity index (χ1n) is 11.0. The number of benzene rings is 2. The molecule has 0 radical (unpaired) electrons. The molecule has 1 aliphatic rings. The second kappa shape index (κ2) is 10.5. The Morgan fingerprint density at radius 2 is 1.74 bits per heavy atom. The number of fused-ring (bicyclic) bond motifs is 3. The van der Waals surface area contributed by atoms with Crippen LogP contribution in [0, 0.1) is 0 Å². The number of ether oxygens (including phenoxy) is 1. The summed E-state index contributed by atoms with van der Waals surface area (Å²) in [6, 6.07) is 15.9. The van der Waals surface area contributed by atoms with E-state index in [1.54, 1.807) is 0 Å². The van der Waals surface area contributed by atoms with E-state index in [0.717, 1.165) is 33.6 Å². The molecule has 0 saturated heterocycles. The van der Waals surface area contributed by atoms with E-state index in [9.17, 15) is 14.4 Å². The predicted molar refractivity (Wildman–Crippen MR) is 128 cm³/mol. The highest BCUT2D eigenvalue weighted by atomic mass is 32.1. The van der Waals surface area contributed by atoms with Gasteiger partial charge in [-0.05, 0) is 28.7 Å². The summed E-state index contributed by atoms with van der Waals surface area (Å²) in [7, 11) is 0. The third-order valence-electron chi connectivity index (χ3n) is 5.79. The Labute approximate surface area is 201 Å². The molecule has 1 heterocycles. The third kappa shape index (κ3) is 5.26. The van der Waals surface area contributed by atoms with Gasteiger partial charge < -0.3 is 20.5 Å². The Balaban J connectivity index is 1.28. The summed E-state index contributed by atoms with van der Waals surface area (Å²) in [6.07, 6.45) is 1.34. The van der Waals surface area contributed by atoms with Gasteiger partial charge in [0, 0.05) is 18.4 Å². The molecule has 4 rings (SSSR count). The van der Waals surface area contributed by atoms with Crippen LogP contribution in [0.3, 0.4) is 0 Å². The van der Waals surface area contributed by atoms with Gasteiger partial charge in [0.25, 0.3) is 0 Å². The lowest BCUT2D eigenvalue weighted by Gasteiger charge is -2.18. The lowest BCUT2D eigenvalue weighted by Crippen LogP contribution is -2.39. The number of carbonyl (C=O) groups is 3. The molecular formula is C25H25N3O5S. The van der Waals surface area contributed by atoms with Crippen molar-refractivity contribution in [2.75, 3.05) is 6.61 Å². The van der Waals surface area contributed by atoms with Crippen molar-refractivity contribution in [2.24, 2.45) is 0 Å². The minimum atomic E-state index is -1.05. The molecule has 176 valence electrons. The minimum absolute atomic E-state index is 0.0319. The van der Waals surface area contributed by atoms with Crippen LogP contribution >= 0.6 is 11.3 Å². The normalized spacial score (nSPS) is 13.0. The van der Waals surface area contributed by atoms with E-state index in [0.29, 0.717) is 11.4 Å². The Kier molecular flexibility index (Phi) is 7.22. The van der Waals surface area contributed by atoms with Gasteiger partial charge in [-0.2, -0.15) is 0 Å². The molecule has 2 amide bonds. The molecule has 0 spiro atoms. The number of hydrogen-bond donors (Lipinski definition) is 3. The number of rotatable bonds is 9. The number of alkyl carbamates (subject to hydrolysis) is 1. The monoisotopic (exact) mass is 479 g/mol. The second-order valence-electron chi connectivity index (χ2n) is 7.98. The first-order chi connectivity index (χ1) is 16.5. The lowest BCUT2D eigenvalue weighted by atomic mass is 9.98. The molecule has 0 fully saturated rings. The molecule has 2 aromatic carbocycles. The van der Waals surface area contributed by atoms with Crippen molar-refractivity contribution in [1.82, 2.24) is 15.6 Å². The Bertz CT molecular complexity index is 1160. The van der Waals surface area contributed by atoms with E-state index in [2.05, 4.69) is 39.9 Å². The van der Waals surface area contributed by atoms with Gasteiger partial charge in [0.05, 0.1) is 12.7 Å². The number of thiazole rings is 1. The maximum Gasteiger partial charge on any atom is 0.407 e. The smallest absolute Gasteiger partial charge is 0.407 e. The number of carbonyl (C=O) groups excluding carboxylic acids is 2. The lowest BCUT2D eigenvalue weighted by molar-refractivity contribution is -0.121. The molecule has 1 unspecified atom stereocenters. The van der Waals surface area contributed by atoms with Gasteiger partial charge in [-0.15, -0.1) is 11.3 Å². The highest BCUT2D eigenvalue weighted by Crippen LogP contribution is 2.44. The van der Waals surface area contributed by atoms with Crippen LogP contribution < -0.4 is 10.6 Å². The van der Waals surface area contributed by atoms with Crippen molar-refractivity contribution >= 4 is 29.3 Å². The molecule has 3 aromatic rings. The highest BCUT2D eigenvalue weighted by Gasteiger charge is 2.29. The summed E-state index contributed by atoms with van der Waals surface area (Å²) in [4.78, 5) is 39.8. The maximum absolute atomic E-state index is 12.5.